The Kier molecular flexibility index (Phi) is 2.91. The van der Waals surface area contributed by atoms with E-state index in [1.165, 1.54) is 6.92 Å². The molecule has 0 radical (unpaired) electrons. The van der Waals surface area contributed by atoms with E-state index in [1.807, 2.05) is 18.2 Å². The molecule has 3 nitrogen and oxygen atoms in total. The van der Waals surface area contributed by atoms with Gasteiger partial charge in [0, 0.05) is 6.92 Å². The molecule has 12 heavy (non-hydrogen) atoms. The Morgan fingerprint density at radius 3 is 2.92 bits per heavy atom. The summed E-state index contributed by atoms with van der Waals surface area (Å²) < 4.78 is 5.01. The third-order valence-corrected chi connectivity index (χ3v) is 1.69. The maximum absolute atomic E-state index is 10.7. The third-order valence-electron chi connectivity index (χ3n) is 1.69. The number of allylic oxidation sites excluding steroid dienone is 1. The van der Waals surface area contributed by atoms with Gasteiger partial charge in [0.15, 0.2) is 0 Å². The molecule has 66 valence electrons. The van der Waals surface area contributed by atoms with E-state index < -0.39 is 0 Å². The van der Waals surface area contributed by atoms with Gasteiger partial charge in [0.25, 0.3) is 0 Å². The number of rotatable bonds is 2. The molecule has 1 amide bonds. The van der Waals surface area contributed by atoms with Crippen LogP contribution in [-0.4, -0.2) is 19.1 Å². The summed E-state index contributed by atoms with van der Waals surface area (Å²) in [6, 6.07) is 0.126. The first-order valence-electron chi connectivity index (χ1n) is 3.92. The minimum atomic E-state index is -0.00100. The lowest BCUT2D eigenvalue weighted by Gasteiger charge is -2.15. The van der Waals surface area contributed by atoms with Gasteiger partial charge in [-0.15, -0.1) is 0 Å². The summed E-state index contributed by atoms with van der Waals surface area (Å²) >= 11 is 0. The molecule has 0 fully saturated rings. The van der Waals surface area contributed by atoms with Gasteiger partial charge in [-0.05, 0) is 18.6 Å². The Bertz CT molecular complexity index is 231. The fourth-order valence-corrected chi connectivity index (χ4v) is 1.12. The highest BCUT2D eigenvalue weighted by Gasteiger charge is 2.08. The van der Waals surface area contributed by atoms with Gasteiger partial charge in [-0.3, -0.25) is 4.79 Å². The van der Waals surface area contributed by atoms with E-state index in [0.29, 0.717) is 0 Å². The molecule has 1 aliphatic rings. The van der Waals surface area contributed by atoms with Crippen LogP contribution in [0.2, 0.25) is 0 Å². The first kappa shape index (κ1) is 8.84. The molecule has 0 saturated heterocycles. The molecule has 0 aromatic carbocycles. The van der Waals surface area contributed by atoms with E-state index in [0.717, 1.165) is 12.2 Å². The summed E-state index contributed by atoms with van der Waals surface area (Å²) in [5, 5.41) is 2.80. The molecular formula is C9H13NO2. The van der Waals surface area contributed by atoms with Gasteiger partial charge in [0.05, 0.1) is 13.2 Å². The molecule has 0 aliphatic heterocycles. The lowest BCUT2D eigenvalue weighted by atomic mass is 10.1. The lowest BCUT2D eigenvalue weighted by molar-refractivity contribution is -0.119. The molecule has 1 unspecified atom stereocenters. The zero-order valence-corrected chi connectivity index (χ0v) is 7.33. The summed E-state index contributed by atoms with van der Waals surface area (Å²) in [6.07, 6.45) is 6.56. The number of carbonyl (C=O) groups is 1. The second kappa shape index (κ2) is 3.95. The number of hydrogen-bond donors (Lipinski definition) is 1. The number of nitrogens with one attached hydrogen (secondary N) is 1. The zero-order valence-electron chi connectivity index (χ0n) is 7.33. The van der Waals surface area contributed by atoms with Crippen molar-refractivity contribution in [1.82, 2.24) is 5.32 Å². The first-order valence-corrected chi connectivity index (χ1v) is 3.92. The molecule has 0 heterocycles. The smallest absolute Gasteiger partial charge is 0.217 e. The van der Waals surface area contributed by atoms with Crippen LogP contribution < -0.4 is 5.32 Å². The predicted octanol–water partition coefficient (Wildman–Crippen LogP) is 0.981. The molecule has 0 aromatic heterocycles. The first-order chi connectivity index (χ1) is 5.72. The van der Waals surface area contributed by atoms with Gasteiger partial charge in [0.1, 0.15) is 5.76 Å². The van der Waals surface area contributed by atoms with Crippen molar-refractivity contribution in [1.29, 1.82) is 0 Å². The number of methoxy groups -OCH3 is 1. The number of amides is 1. The van der Waals surface area contributed by atoms with E-state index >= 15 is 0 Å². The molecule has 0 aromatic rings. The quantitative estimate of drug-likeness (QED) is 0.665. The Balaban J connectivity index is 2.43. The minimum Gasteiger partial charge on any atom is -0.497 e. The molecule has 1 N–H and O–H groups in total. The Hall–Kier alpha value is -1.25. The van der Waals surface area contributed by atoms with Crippen molar-refractivity contribution in [2.45, 2.75) is 19.4 Å². The number of ether oxygens (including phenoxy) is 1. The van der Waals surface area contributed by atoms with Gasteiger partial charge in [-0.2, -0.15) is 0 Å². The lowest BCUT2D eigenvalue weighted by Crippen LogP contribution is -2.31. The van der Waals surface area contributed by atoms with Crippen molar-refractivity contribution < 1.29 is 9.53 Å². The number of hydrogen-bond acceptors (Lipinski definition) is 2. The number of carbonyl (C=O) groups excluding carboxylic acids is 1. The highest BCUT2D eigenvalue weighted by molar-refractivity contribution is 5.73. The van der Waals surface area contributed by atoms with Crippen LogP contribution in [-0.2, 0) is 9.53 Å². The summed E-state index contributed by atoms with van der Waals surface area (Å²) in [4.78, 5) is 10.7. The molecule has 1 rings (SSSR count). The van der Waals surface area contributed by atoms with Crippen LogP contribution in [0.4, 0.5) is 0 Å². The Morgan fingerprint density at radius 1 is 1.75 bits per heavy atom. The summed E-state index contributed by atoms with van der Waals surface area (Å²) in [7, 11) is 1.63. The van der Waals surface area contributed by atoms with Crippen molar-refractivity contribution in [3.05, 3.63) is 24.0 Å². The van der Waals surface area contributed by atoms with Crippen LogP contribution in [0, 0.1) is 0 Å². The monoisotopic (exact) mass is 167 g/mol. The maximum Gasteiger partial charge on any atom is 0.217 e. The fraction of sp³-hybridized carbons (Fsp3) is 0.444. The molecule has 1 atom stereocenters. The second-order valence-corrected chi connectivity index (χ2v) is 2.71. The van der Waals surface area contributed by atoms with E-state index in [4.69, 9.17) is 4.74 Å². The standard InChI is InChI=1S/C9H13NO2/c1-7(11)10-8-3-5-9(12-2)6-4-8/h3,5-6,8H,4H2,1-2H3,(H,10,11). The third kappa shape index (κ3) is 2.42. The van der Waals surface area contributed by atoms with Crippen molar-refractivity contribution in [2.24, 2.45) is 0 Å². The fourth-order valence-electron chi connectivity index (χ4n) is 1.12. The van der Waals surface area contributed by atoms with E-state index in [-0.39, 0.29) is 11.9 Å². The molecule has 0 spiro atoms. The van der Waals surface area contributed by atoms with E-state index in [2.05, 4.69) is 5.32 Å². The van der Waals surface area contributed by atoms with Crippen molar-refractivity contribution in [2.75, 3.05) is 7.11 Å². The molecule has 0 bridgehead atoms. The average molecular weight is 167 g/mol. The zero-order chi connectivity index (χ0) is 8.97. The molecule has 0 saturated carbocycles. The normalized spacial score (nSPS) is 21.5. The van der Waals surface area contributed by atoms with Crippen LogP contribution in [0.3, 0.4) is 0 Å². The predicted molar refractivity (Wildman–Crippen MR) is 46.5 cm³/mol. The van der Waals surface area contributed by atoms with Crippen LogP contribution in [0.1, 0.15) is 13.3 Å². The van der Waals surface area contributed by atoms with Crippen LogP contribution >= 0.6 is 0 Å². The van der Waals surface area contributed by atoms with Gasteiger partial charge in [-0.1, -0.05) is 6.08 Å². The van der Waals surface area contributed by atoms with E-state index in [9.17, 15) is 4.79 Å². The SMILES string of the molecule is COC1=CCC(NC(C)=O)C=C1. The summed E-state index contributed by atoms with van der Waals surface area (Å²) in [5.74, 6) is 0.857. The summed E-state index contributed by atoms with van der Waals surface area (Å²) in [5.41, 5.74) is 0. The average Bonchev–Trinajstić information content (AvgIpc) is 2.05. The Labute approximate surface area is 72.1 Å². The van der Waals surface area contributed by atoms with Crippen molar-refractivity contribution >= 4 is 5.91 Å². The molecular weight excluding hydrogens is 154 g/mol. The van der Waals surface area contributed by atoms with Gasteiger partial charge in [-0.25, -0.2) is 0 Å². The maximum atomic E-state index is 10.7. The van der Waals surface area contributed by atoms with Crippen LogP contribution in [0.5, 0.6) is 0 Å². The van der Waals surface area contributed by atoms with Gasteiger partial charge in [0.2, 0.25) is 5.91 Å². The molecule has 3 heteroatoms. The molecule has 1 aliphatic carbocycles. The Morgan fingerprint density at radius 2 is 2.50 bits per heavy atom. The second-order valence-electron chi connectivity index (χ2n) is 2.71. The highest BCUT2D eigenvalue weighted by atomic mass is 16.5. The largest absolute Gasteiger partial charge is 0.497 e. The van der Waals surface area contributed by atoms with Crippen molar-refractivity contribution in [3.63, 3.8) is 0 Å². The highest BCUT2D eigenvalue weighted by Crippen LogP contribution is 2.10. The summed E-state index contributed by atoms with van der Waals surface area (Å²) in [6.45, 7) is 1.52. The minimum absolute atomic E-state index is 0.00100. The van der Waals surface area contributed by atoms with Crippen molar-refractivity contribution in [3.8, 4) is 0 Å². The van der Waals surface area contributed by atoms with Gasteiger partial charge < -0.3 is 10.1 Å². The van der Waals surface area contributed by atoms with Crippen LogP contribution in [0.15, 0.2) is 24.0 Å². The van der Waals surface area contributed by atoms with Crippen LogP contribution in [0.25, 0.3) is 0 Å². The van der Waals surface area contributed by atoms with E-state index in [1.54, 1.807) is 7.11 Å². The topological polar surface area (TPSA) is 38.3 Å². The van der Waals surface area contributed by atoms with Gasteiger partial charge >= 0.3 is 0 Å².